The summed E-state index contributed by atoms with van der Waals surface area (Å²) in [5.74, 6) is -1.39. The molecule has 604 valence electrons. The standard InChI is InChI=1S/C19H27NO4S.C18H26O3S.C17H24O3S.C15H27NO4S.C14H26O3S/c1-5-24-18(23)15(13-25-19(2,3)4)11-16(21)12-20-17(22)14-9-7-6-8-10-14;1-13(2)21-17(20)15(12-22-18(3,4)5)11-16(19)14-9-7-6-8-10-14;1-5-20-16(19)14(12-21-17(2,3)4)11-15(18)13-9-7-6-8-10-13;1-6-13(18)16-9-12(17)8-11(14(19)20-7-2)10-21-15(3,4)5;1-7-12(15)8-11(9-18-14(4,5)6)13(16)17-10(2)3/h6-10,15H,5,11-13H2,1-4H3,(H,20,22);6-10,13,15H,11-12H2,1-5H3;6-10,14H,5,11-12H2,1-4H3;11H,6-10H2,1-5H3,(H,16,18);10-11H,7-9H2,1-6H3/t2*15-;14-;2*11-/m00000/s1. The van der Waals surface area contributed by atoms with Crippen LogP contribution in [0.5, 0.6) is 0 Å². The number of hydrogen-bond donors (Lipinski definition) is 2. The van der Waals surface area contributed by atoms with E-state index in [2.05, 4.69) is 114 Å². The van der Waals surface area contributed by atoms with Gasteiger partial charge in [0, 0.05) is 114 Å². The van der Waals surface area contributed by atoms with Crippen molar-refractivity contribution in [1.82, 2.24) is 10.6 Å². The number of benzene rings is 3. The van der Waals surface area contributed by atoms with E-state index in [9.17, 15) is 57.5 Å². The van der Waals surface area contributed by atoms with Crippen LogP contribution in [0.25, 0.3) is 0 Å². The minimum Gasteiger partial charge on any atom is -0.466 e. The van der Waals surface area contributed by atoms with Crippen molar-refractivity contribution in [2.75, 3.05) is 61.7 Å². The van der Waals surface area contributed by atoms with Gasteiger partial charge in [0.15, 0.2) is 23.1 Å². The van der Waals surface area contributed by atoms with Crippen LogP contribution in [-0.2, 0) is 66.8 Å². The Morgan fingerprint density at radius 2 is 0.579 bits per heavy atom. The molecule has 0 aromatic heterocycles. The summed E-state index contributed by atoms with van der Waals surface area (Å²) in [6, 6.07) is 26.9. The fraction of sp³-hybridized carbons (Fsp3) is 0.639. The Morgan fingerprint density at radius 1 is 0.327 bits per heavy atom. The number of esters is 5. The predicted molar refractivity (Wildman–Crippen MR) is 443 cm³/mol. The van der Waals surface area contributed by atoms with Crippen LogP contribution in [0.1, 0.15) is 242 Å². The highest BCUT2D eigenvalue weighted by molar-refractivity contribution is 8.01. The van der Waals surface area contributed by atoms with Gasteiger partial charge in [-0.1, -0.05) is 197 Å². The van der Waals surface area contributed by atoms with E-state index >= 15 is 0 Å². The molecule has 0 radical (unpaired) electrons. The second-order valence-electron chi connectivity index (χ2n) is 30.6. The Hall–Kier alpha value is -5.95. The summed E-state index contributed by atoms with van der Waals surface area (Å²) in [5, 5.41) is 5.13. The summed E-state index contributed by atoms with van der Waals surface area (Å²) in [4.78, 5) is 144. The predicted octanol–water partition coefficient (Wildman–Crippen LogP) is 17.1. The van der Waals surface area contributed by atoms with Crippen molar-refractivity contribution in [3.05, 3.63) is 108 Å². The highest BCUT2D eigenvalue weighted by Crippen LogP contribution is 2.32. The minimum absolute atomic E-state index is 0.00465. The van der Waals surface area contributed by atoms with Crippen LogP contribution in [0.4, 0.5) is 0 Å². The zero-order valence-electron chi connectivity index (χ0n) is 68.7. The molecule has 3 aromatic rings. The number of rotatable bonds is 39. The third-order valence-corrected chi connectivity index (χ3v) is 21.2. The lowest BCUT2D eigenvalue weighted by atomic mass is 10.00. The van der Waals surface area contributed by atoms with E-state index in [1.165, 1.54) is 0 Å². The average Bonchev–Trinajstić information content (AvgIpc) is 0.886. The van der Waals surface area contributed by atoms with Gasteiger partial charge < -0.3 is 34.3 Å². The number of Topliss-reactive ketones (excluding diaryl/α,β-unsaturated/α-hetero) is 5. The van der Waals surface area contributed by atoms with E-state index in [1.807, 2.05) is 77.1 Å². The average molecular weight is 1590 g/mol. The molecule has 0 saturated carbocycles. The maximum absolute atomic E-state index is 12.4. The van der Waals surface area contributed by atoms with Crippen molar-refractivity contribution in [1.29, 1.82) is 0 Å². The molecule has 0 aliphatic rings. The molecule has 2 amide bonds. The normalized spacial score (nSPS) is 12.8. The van der Waals surface area contributed by atoms with Gasteiger partial charge in [0.05, 0.1) is 74.7 Å². The van der Waals surface area contributed by atoms with Crippen LogP contribution in [-0.4, -0.2) is 168 Å². The Kier molecular flexibility index (Phi) is 52.6. The zero-order chi connectivity index (χ0) is 82.3. The van der Waals surface area contributed by atoms with Crippen LogP contribution in [0.2, 0.25) is 0 Å². The molecule has 0 bridgehead atoms. The number of carbonyl (C=O) groups excluding carboxylic acids is 12. The maximum Gasteiger partial charge on any atom is 0.310 e. The largest absolute Gasteiger partial charge is 0.466 e. The first-order chi connectivity index (χ1) is 49.6. The highest BCUT2D eigenvalue weighted by Gasteiger charge is 2.32. The molecule has 0 aliphatic heterocycles. The number of carbonyl (C=O) groups is 12. The van der Waals surface area contributed by atoms with Crippen molar-refractivity contribution in [2.45, 2.75) is 247 Å². The number of hydrogen-bond acceptors (Lipinski definition) is 22. The van der Waals surface area contributed by atoms with Gasteiger partial charge in [-0.2, -0.15) is 58.8 Å². The van der Waals surface area contributed by atoms with Crippen LogP contribution in [0.3, 0.4) is 0 Å². The quantitative estimate of drug-likeness (QED) is 0.0305. The molecule has 107 heavy (non-hydrogen) atoms. The van der Waals surface area contributed by atoms with E-state index in [0.29, 0.717) is 77.9 Å². The third kappa shape index (κ3) is 56.0. The number of thioether (sulfide) groups is 5. The second kappa shape index (κ2) is 54.6. The van der Waals surface area contributed by atoms with Crippen LogP contribution < -0.4 is 10.6 Å². The van der Waals surface area contributed by atoms with Gasteiger partial charge >= 0.3 is 29.8 Å². The number of ether oxygens (including phenoxy) is 5. The van der Waals surface area contributed by atoms with E-state index < -0.39 is 17.8 Å². The van der Waals surface area contributed by atoms with Gasteiger partial charge in [-0.15, -0.1) is 0 Å². The van der Waals surface area contributed by atoms with Crippen LogP contribution in [0.15, 0.2) is 91.0 Å². The van der Waals surface area contributed by atoms with Crippen molar-refractivity contribution in [3.63, 3.8) is 0 Å². The molecule has 0 unspecified atom stereocenters. The first kappa shape index (κ1) is 103. The van der Waals surface area contributed by atoms with Crippen molar-refractivity contribution in [3.8, 4) is 0 Å². The molecule has 0 spiro atoms. The summed E-state index contributed by atoms with van der Waals surface area (Å²) >= 11 is 8.30. The lowest BCUT2D eigenvalue weighted by molar-refractivity contribution is -0.153. The van der Waals surface area contributed by atoms with Crippen LogP contribution >= 0.6 is 58.8 Å². The number of nitrogens with one attached hydrogen (secondary N) is 2. The summed E-state index contributed by atoms with van der Waals surface area (Å²) < 4.78 is 25.9. The van der Waals surface area contributed by atoms with Gasteiger partial charge in [0.1, 0.15) is 5.78 Å². The van der Waals surface area contributed by atoms with Gasteiger partial charge in [-0.05, 0) is 60.6 Å². The van der Waals surface area contributed by atoms with Crippen molar-refractivity contribution < 1.29 is 81.2 Å². The van der Waals surface area contributed by atoms with Crippen molar-refractivity contribution in [2.24, 2.45) is 29.6 Å². The number of ketones is 5. The lowest BCUT2D eigenvalue weighted by Crippen LogP contribution is -2.32. The Balaban J connectivity index is 0. The zero-order valence-corrected chi connectivity index (χ0v) is 72.8. The molecule has 0 aliphatic carbocycles. The third-order valence-electron chi connectivity index (χ3n) is 14.0. The highest BCUT2D eigenvalue weighted by atomic mass is 32.2. The van der Waals surface area contributed by atoms with E-state index in [-0.39, 0.29) is 164 Å². The molecule has 5 atom stereocenters. The molecular weight excluding hydrogens is 1460 g/mol. The van der Waals surface area contributed by atoms with Gasteiger partial charge in [-0.3, -0.25) is 57.5 Å². The van der Waals surface area contributed by atoms with E-state index in [4.69, 9.17) is 23.7 Å². The first-order valence-electron chi connectivity index (χ1n) is 37.0. The Labute approximate surface area is 663 Å². The molecule has 0 fully saturated rings. The summed E-state index contributed by atoms with van der Waals surface area (Å²) in [6.07, 6.45) is 1.39. The maximum atomic E-state index is 12.4. The summed E-state index contributed by atoms with van der Waals surface area (Å²) in [7, 11) is 0. The molecular formula is C83H130N2O17S5. The first-order valence-corrected chi connectivity index (χ1v) is 41.9. The monoisotopic (exact) mass is 1590 g/mol. The molecule has 3 rings (SSSR count). The van der Waals surface area contributed by atoms with E-state index in [0.717, 1.165) is 0 Å². The Bertz CT molecular complexity index is 3130. The molecule has 24 heteroatoms. The molecule has 0 saturated heterocycles. The summed E-state index contributed by atoms with van der Waals surface area (Å²) in [6.45, 7) is 48.2. The molecule has 3 aromatic carbocycles. The molecule has 19 nitrogen and oxygen atoms in total. The smallest absolute Gasteiger partial charge is 0.310 e. The number of amides is 2. The van der Waals surface area contributed by atoms with Gasteiger partial charge in [0.2, 0.25) is 5.91 Å². The fourth-order valence-electron chi connectivity index (χ4n) is 8.48. The minimum atomic E-state index is -0.495. The molecule has 0 heterocycles. The second-order valence-corrected chi connectivity index (χ2v) is 39.8. The Morgan fingerprint density at radius 3 is 0.841 bits per heavy atom. The van der Waals surface area contributed by atoms with Crippen LogP contribution in [0, 0.1) is 29.6 Å². The van der Waals surface area contributed by atoms with E-state index in [1.54, 1.807) is 135 Å². The molecule has 2 N–H and O–H groups in total. The topological polar surface area (TPSA) is 275 Å². The lowest BCUT2D eigenvalue weighted by Gasteiger charge is -2.22. The van der Waals surface area contributed by atoms with Crippen molar-refractivity contribution >= 4 is 129 Å². The fourth-order valence-corrected chi connectivity index (χ4v) is 13.3. The van der Waals surface area contributed by atoms with Gasteiger partial charge in [0.25, 0.3) is 5.91 Å². The summed E-state index contributed by atoms with van der Waals surface area (Å²) in [5.41, 5.74) is 1.79. The van der Waals surface area contributed by atoms with Gasteiger partial charge in [-0.25, -0.2) is 0 Å². The SMILES string of the molecule is CC(C)OC(=O)[C@H](CSC(C)(C)C)CC(=O)c1ccccc1.CCC(=O)C[C@@H](CSC(C)(C)C)C(=O)OC(C)C.CCOC(=O)[C@H](CSC(C)(C)C)CC(=O)CNC(=O)CC.CCOC(=O)[C@H](CSC(C)(C)C)CC(=O)CNC(=O)c1ccccc1.CCOC(=O)[C@H](CSC(C)(C)C)CC(=O)c1ccccc1.